The Morgan fingerprint density at radius 3 is 2.63 bits per heavy atom. The molecule has 3 heterocycles. The van der Waals surface area contributed by atoms with E-state index >= 15 is 0 Å². The van der Waals surface area contributed by atoms with Gasteiger partial charge in [0.15, 0.2) is 16.7 Å². The van der Waals surface area contributed by atoms with Gasteiger partial charge in [-0.3, -0.25) is 0 Å². The van der Waals surface area contributed by atoms with Crippen molar-refractivity contribution in [1.82, 2.24) is 20.6 Å². The molecule has 43 heavy (non-hydrogen) atoms. The summed E-state index contributed by atoms with van der Waals surface area (Å²) in [5.41, 5.74) is 2.74. The molecule has 14 heteroatoms. The minimum absolute atomic E-state index is 0.0648. The van der Waals surface area contributed by atoms with Crippen molar-refractivity contribution >= 4 is 56.5 Å². The lowest BCUT2D eigenvalue weighted by Gasteiger charge is -2.37. The molecule has 1 atom stereocenters. The topological polar surface area (TPSA) is 156 Å². The summed E-state index contributed by atoms with van der Waals surface area (Å²) in [4.78, 5) is 28.9. The summed E-state index contributed by atoms with van der Waals surface area (Å²) in [6.07, 6.45) is 1.28. The van der Waals surface area contributed by atoms with Crippen LogP contribution in [0.2, 0.25) is 0 Å². The predicted molar refractivity (Wildman–Crippen MR) is 159 cm³/mol. The Balaban J connectivity index is 1.55. The van der Waals surface area contributed by atoms with Gasteiger partial charge in [-0.1, -0.05) is 49.2 Å². The number of halogens is 2. The van der Waals surface area contributed by atoms with Gasteiger partial charge in [-0.05, 0) is 57.9 Å². The number of unbranched alkanes of at least 4 members (excludes halogenated alkanes) is 1. The third-order valence-electron chi connectivity index (χ3n) is 7.16. The molecule has 1 aliphatic rings. The number of H-pyrrole nitrogens is 1. The third-order valence-corrected chi connectivity index (χ3v) is 8.21. The molecule has 1 N–H and O–H groups in total. The largest absolute Gasteiger partial charge is 0.540 e. The maximum Gasteiger partial charge on any atom is 0.508 e. The first kappa shape index (κ1) is 30.4. The normalized spacial score (nSPS) is 16.5. The molecule has 12 nitrogen and oxygen atoms in total. The second-order valence-corrected chi connectivity index (χ2v) is 11.0. The van der Waals surface area contributed by atoms with E-state index in [9.17, 15) is 14.7 Å². The molecular weight excluding hydrogens is 644 g/mol. The first-order chi connectivity index (χ1) is 20.8. The SMILES string of the molecule is CCCCC1=NC(Cl)=C(C(=O)[O-])[N+]1(CCOC(=O)OCC)Cc1ccc2oc(-c3ccccc3-c3nnn[nH]3)c(Br)c2c1. The highest BCUT2D eigenvalue weighted by atomic mass is 79.9. The van der Waals surface area contributed by atoms with E-state index in [1.807, 2.05) is 49.4 Å². The Morgan fingerprint density at radius 2 is 1.93 bits per heavy atom. The first-order valence-corrected chi connectivity index (χ1v) is 14.9. The third kappa shape index (κ3) is 6.05. The molecule has 2 aromatic carbocycles. The molecule has 0 saturated carbocycles. The standard InChI is InChI=1S/C29H28BrClN6O6/c1-3-5-10-22-32-26(31)24(28(38)39)37(22,13-14-42-29(40)41-4-2)16-17-11-12-21-20(15-17)23(30)25(43-21)18-8-6-7-9-19(18)27-33-35-36-34-27/h6-9,11-12,15H,3-5,10,13-14,16H2,1-2H3,(H-,33,34,35,36,38,39). The monoisotopic (exact) mass is 670 g/mol. The van der Waals surface area contributed by atoms with E-state index < -0.39 is 12.1 Å². The number of aromatic nitrogens is 4. The van der Waals surface area contributed by atoms with Gasteiger partial charge in [-0.2, -0.15) is 4.99 Å². The number of carbonyl (C=O) groups excluding carboxylic acids is 2. The van der Waals surface area contributed by atoms with Gasteiger partial charge in [0.1, 0.15) is 37.0 Å². The van der Waals surface area contributed by atoms with Gasteiger partial charge in [0.2, 0.25) is 5.84 Å². The summed E-state index contributed by atoms with van der Waals surface area (Å²) in [6, 6.07) is 13.2. The molecular formula is C29H28BrClN6O6. The second kappa shape index (κ2) is 13.1. The van der Waals surface area contributed by atoms with Crippen molar-refractivity contribution in [3.63, 3.8) is 0 Å². The highest BCUT2D eigenvalue weighted by Crippen LogP contribution is 2.42. The zero-order valence-electron chi connectivity index (χ0n) is 23.4. The van der Waals surface area contributed by atoms with Gasteiger partial charge in [0, 0.05) is 28.5 Å². The lowest BCUT2D eigenvalue weighted by molar-refractivity contribution is -0.814. The number of carboxylic acid groups (broad SMARTS) is 1. The molecule has 1 unspecified atom stereocenters. The van der Waals surface area contributed by atoms with E-state index in [1.165, 1.54) is 0 Å². The van der Waals surface area contributed by atoms with Gasteiger partial charge in [0.25, 0.3) is 0 Å². The van der Waals surface area contributed by atoms with E-state index in [-0.39, 0.29) is 41.6 Å². The van der Waals surface area contributed by atoms with Crippen molar-refractivity contribution in [2.45, 2.75) is 39.7 Å². The zero-order valence-corrected chi connectivity index (χ0v) is 25.8. The van der Waals surface area contributed by atoms with Gasteiger partial charge < -0.3 is 23.8 Å². The molecule has 0 amide bonds. The Bertz CT molecular complexity index is 1720. The van der Waals surface area contributed by atoms with E-state index in [0.717, 1.165) is 34.9 Å². The Kier molecular flexibility index (Phi) is 9.23. The number of hydrogen-bond acceptors (Lipinski definition) is 10. The number of furan rings is 1. The number of amidine groups is 1. The molecule has 2 aromatic heterocycles. The zero-order chi connectivity index (χ0) is 30.6. The van der Waals surface area contributed by atoms with Crippen LogP contribution in [0.5, 0.6) is 0 Å². The van der Waals surface area contributed by atoms with E-state index in [0.29, 0.717) is 33.9 Å². The fraction of sp³-hybridized carbons (Fsp3) is 0.310. The van der Waals surface area contributed by atoms with Crippen LogP contribution in [-0.4, -0.2) is 62.8 Å². The van der Waals surface area contributed by atoms with Crippen LogP contribution in [0.15, 0.2) is 67.2 Å². The van der Waals surface area contributed by atoms with Crippen molar-refractivity contribution < 1.29 is 33.1 Å². The highest BCUT2D eigenvalue weighted by Gasteiger charge is 2.46. The van der Waals surface area contributed by atoms with Crippen molar-refractivity contribution in [1.29, 1.82) is 0 Å². The average Bonchev–Trinajstić information content (AvgIpc) is 3.69. The number of carboxylic acids is 1. The number of fused-ring (bicyclic) bond motifs is 1. The van der Waals surface area contributed by atoms with Crippen molar-refractivity contribution in [3.8, 4) is 22.7 Å². The molecule has 0 bridgehead atoms. The lowest BCUT2D eigenvalue weighted by atomic mass is 10.0. The number of benzene rings is 2. The van der Waals surface area contributed by atoms with E-state index in [4.69, 9.17) is 25.5 Å². The van der Waals surface area contributed by atoms with Crippen LogP contribution in [-0.2, 0) is 20.8 Å². The lowest BCUT2D eigenvalue weighted by Crippen LogP contribution is -2.55. The number of aliphatic carboxylic acids is 1. The first-order valence-electron chi connectivity index (χ1n) is 13.7. The summed E-state index contributed by atoms with van der Waals surface area (Å²) >= 11 is 10.1. The van der Waals surface area contributed by atoms with Crippen molar-refractivity contribution in [2.24, 2.45) is 4.99 Å². The number of ether oxygens (including phenoxy) is 2. The maximum atomic E-state index is 12.5. The summed E-state index contributed by atoms with van der Waals surface area (Å²) in [5.74, 6) is 0.185. The number of hydrogen-bond donors (Lipinski definition) is 1. The second-order valence-electron chi connectivity index (χ2n) is 9.81. The van der Waals surface area contributed by atoms with Crippen molar-refractivity contribution in [3.05, 3.63) is 63.4 Å². The molecule has 224 valence electrons. The smallest absolute Gasteiger partial charge is 0.508 e. The molecule has 5 rings (SSSR count). The average molecular weight is 672 g/mol. The summed E-state index contributed by atoms with van der Waals surface area (Å²) in [5, 5.41) is 27.3. The molecule has 1 aliphatic heterocycles. The van der Waals surface area contributed by atoms with Gasteiger partial charge in [-0.25, -0.2) is 14.4 Å². The summed E-state index contributed by atoms with van der Waals surface area (Å²) < 4.78 is 16.9. The molecule has 0 aliphatic carbocycles. The number of rotatable bonds is 12. The Morgan fingerprint density at radius 1 is 1.14 bits per heavy atom. The number of tetrazole rings is 1. The number of aromatic amines is 1. The Hall–Kier alpha value is -4.07. The molecule has 0 spiro atoms. The number of quaternary nitrogens is 1. The molecule has 0 radical (unpaired) electrons. The maximum absolute atomic E-state index is 12.5. The van der Waals surface area contributed by atoms with E-state index in [1.54, 1.807) is 6.92 Å². The molecule has 0 saturated heterocycles. The van der Waals surface area contributed by atoms with Crippen LogP contribution < -0.4 is 5.11 Å². The quantitative estimate of drug-likeness (QED) is 0.120. The summed E-state index contributed by atoms with van der Waals surface area (Å²) in [6.45, 7) is 3.95. The van der Waals surface area contributed by atoms with Crippen LogP contribution in [0.4, 0.5) is 4.79 Å². The van der Waals surface area contributed by atoms with Crippen LogP contribution in [0.25, 0.3) is 33.7 Å². The van der Waals surface area contributed by atoms with Crippen LogP contribution >= 0.6 is 27.5 Å². The number of nitrogens with zero attached hydrogens (tertiary/aromatic N) is 5. The summed E-state index contributed by atoms with van der Waals surface area (Å²) in [7, 11) is 0. The van der Waals surface area contributed by atoms with Crippen molar-refractivity contribution in [2.75, 3.05) is 19.8 Å². The van der Waals surface area contributed by atoms with Gasteiger partial charge in [0.05, 0.1) is 11.1 Å². The number of nitrogens with one attached hydrogen (secondary N) is 1. The fourth-order valence-electron chi connectivity index (χ4n) is 5.22. The van der Waals surface area contributed by atoms with Crippen LogP contribution in [0, 0.1) is 0 Å². The fourth-order valence-corrected chi connectivity index (χ4v) is 6.17. The minimum atomic E-state index is -1.44. The minimum Gasteiger partial charge on any atom is -0.540 e. The molecule has 4 aromatic rings. The van der Waals surface area contributed by atoms with Gasteiger partial charge in [-0.15, -0.1) is 5.10 Å². The Labute approximate surface area is 260 Å². The molecule has 0 fully saturated rings. The van der Waals surface area contributed by atoms with Crippen LogP contribution in [0.1, 0.15) is 38.7 Å². The van der Waals surface area contributed by atoms with E-state index in [2.05, 4.69) is 41.5 Å². The van der Waals surface area contributed by atoms with Gasteiger partial charge >= 0.3 is 6.16 Å². The number of carbonyl (C=O) groups is 2. The van der Waals surface area contributed by atoms with Crippen LogP contribution in [0.3, 0.4) is 0 Å². The predicted octanol–water partition coefficient (Wildman–Crippen LogP) is 5.29. The number of aliphatic imine (C=N–C) groups is 1. The highest BCUT2D eigenvalue weighted by molar-refractivity contribution is 9.10.